The number of likely N-dealkylation sites (tertiary alicyclic amines) is 2. The molecule has 0 aliphatic carbocycles. The molecule has 1 atom stereocenters. The van der Waals surface area contributed by atoms with Crippen LogP contribution in [0.3, 0.4) is 0 Å². The smallest absolute Gasteiger partial charge is 0.274 e. The lowest BCUT2D eigenvalue weighted by atomic mass is 9.94. The molecule has 0 N–H and O–H groups in total. The molecule has 0 spiro atoms. The summed E-state index contributed by atoms with van der Waals surface area (Å²) in [6.07, 6.45) is 12.9. The van der Waals surface area contributed by atoms with Gasteiger partial charge in [-0.25, -0.2) is 4.98 Å². The van der Waals surface area contributed by atoms with E-state index in [1.54, 1.807) is 6.20 Å². The largest absolute Gasteiger partial charge is 0.337 e. The van der Waals surface area contributed by atoms with Crippen molar-refractivity contribution in [3.8, 4) is 0 Å². The number of hydrogen-bond donors (Lipinski definition) is 0. The van der Waals surface area contributed by atoms with Gasteiger partial charge in [-0.15, -0.1) is 0 Å². The van der Waals surface area contributed by atoms with Gasteiger partial charge in [0, 0.05) is 25.8 Å². The van der Waals surface area contributed by atoms with Crippen molar-refractivity contribution in [1.29, 1.82) is 0 Å². The Morgan fingerprint density at radius 2 is 1.79 bits per heavy atom. The molecule has 1 aromatic rings. The minimum Gasteiger partial charge on any atom is -0.337 e. The molecule has 5 nitrogen and oxygen atoms in total. The monoisotopic (exact) mass is 330 g/mol. The number of aromatic nitrogens is 2. The Morgan fingerprint density at radius 3 is 2.46 bits per heavy atom. The lowest BCUT2D eigenvalue weighted by Crippen LogP contribution is -2.34. The summed E-state index contributed by atoms with van der Waals surface area (Å²) in [6.45, 7) is 4.05. The number of carbonyl (C=O) groups is 1. The summed E-state index contributed by atoms with van der Waals surface area (Å²) in [7, 11) is 2.18. The molecule has 3 rings (SSSR count). The van der Waals surface area contributed by atoms with Gasteiger partial charge >= 0.3 is 0 Å². The van der Waals surface area contributed by atoms with Crippen molar-refractivity contribution >= 4 is 5.91 Å². The van der Waals surface area contributed by atoms with Crippen LogP contribution in [0.1, 0.15) is 61.1 Å². The van der Waals surface area contributed by atoms with Crippen molar-refractivity contribution in [2.24, 2.45) is 5.92 Å². The highest BCUT2D eigenvalue weighted by atomic mass is 16.2. The first-order valence-electron chi connectivity index (χ1n) is 9.51. The van der Waals surface area contributed by atoms with Crippen LogP contribution in [0.5, 0.6) is 0 Å². The summed E-state index contributed by atoms with van der Waals surface area (Å²) in [4.78, 5) is 25.9. The number of piperidine rings is 1. The van der Waals surface area contributed by atoms with E-state index in [0.29, 0.717) is 11.6 Å². The predicted molar refractivity (Wildman–Crippen MR) is 94.9 cm³/mol. The van der Waals surface area contributed by atoms with Crippen molar-refractivity contribution in [3.05, 3.63) is 23.8 Å². The van der Waals surface area contributed by atoms with Crippen LogP contribution in [0, 0.1) is 5.92 Å². The number of hydrogen-bond acceptors (Lipinski definition) is 4. The first kappa shape index (κ1) is 17.3. The van der Waals surface area contributed by atoms with Crippen LogP contribution in [0.4, 0.5) is 0 Å². The molecule has 0 bridgehead atoms. The minimum absolute atomic E-state index is 0.0494. The fourth-order valence-corrected chi connectivity index (χ4v) is 3.92. The molecule has 2 saturated heterocycles. The van der Waals surface area contributed by atoms with E-state index in [1.807, 2.05) is 11.1 Å². The van der Waals surface area contributed by atoms with Crippen molar-refractivity contribution in [2.75, 3.05) is 33.2 Å². The molecule has 3 heterocycles. The average Bonchev–Trinajstić information content (AvgIpc) is 2.55. The van der Waals surface area contributed by atoms with Gasteiger partial charge in [-0.3, -0.25) is 9.78 Å². The maximum atomic E-state index is 12.6. The summed E-state index contributed by atoms with van der Waals surface area (Å²) in [6, 6.07) is 0. The Bertz CT molecular complexity index is 523. The molecule has 0 aromatic carbocycles. The molecule has 0 unspecified atom stereocenters. The quantitative estimate of drug-likeness (QED) is 0.855. The Labute approximate surface area is 145 Å². The summed E-state index contributed by atoms with van der Waals surface area (Å²) < 4.78 is 0. The number of rotatable bonds is 3. The van der Waals surface area contributed by atoms with Gasteiger partial charge in [-0.1, -0.05) is 19.3 Å². The molecule has 2 aliphatic heterocycles. The highest BCUT2D eigenvalue weighted by molar-refractivity contribution is 5.91. The molecule has 24 heavy (non-hydrogen) atoms. The molecule has 5 heteroatoms. The van der Waals surface area contributed by atoms with E-state index in [9.17, 15) is 4.79 Å². The van der Waals surface area contributed by atoms with E-state index >= 15 is 0 Å². The Kier molecular flexibility index (Phi) is 6.18. The molecule has 2 fully saturated rings. The molecule has 0 radical (unpaired) electrons. The third-order valence-electron chi connectivity index (χ3n) is 5.29. The molecule has 132 valence electrons. The maximum absolute atomic E-state index is 12.6. The van der Waals surface area contributed by atoms with E-state index in [4.69, 9.17) is 0 Å². The van der Waals surface area contributed by atoms with E-state index in [-0.39, 0.29) is 5.91 Å². The Morgan fingerprint density at radius 1 is 1.04 bits per heavy atom. The van der Waals surface area contributed by atoms with Crippen LogP contribution in [0.15, 0.2) is 12.4 Å². The molecule has 2 aliphatic rings. The molecular formula is C19H30N4O. The third kappa shape index (κ3) is 4.76. The standard InChI is InChI=1S/C19H30N4O/c1-22-9-7-8-16(15-22)12-17-13-21-18(14-20-17)19(24)23-10-5-3-2-4-6-11-23/h13-14,16H,2-12,15H2,1H3/t16-/m0/s1. The van der Waals surface area contributed by atoms with Gasteiger partial charge in [-0.05, 0) is 51.6 Å². The van der Waals surface area contributed by atoms with Crippen LogP contribution in [0.2, 0.25) is 0 Å². The molecule has 1 aromatic heterocycles. The topological polar surface area (TPSA) is 49.3 Å². The van der Waals surface area contributed by atoms with Crippen LogP contribution >= 0.6 is 0 Å². The zero-order valence-corrected chi connectivity index (χ0v) is 14.9. The number of carbonyl (C=O) groups excluding carboxylic acids is 1. The zero-order chi connectivity index (χ0) is 16.8. The van der Waals surface area contributed by atoms with E-state index in [0.717, 1.165) is 44.6 Å². The third-order valence-corrected chi connectivity index (χ3v) is 5.29. The van der Waals surface area contributed by atoms with Gasteiger partial charge in [0.05, 0.1) is 11.9 Å². The summed E-state index contributed by atoms with van der Waals surface area (Å²) >= 11 is 0. The van der Waals surface area contributed by atoms with Crippen molar-refractivity contribution < 1.29 is 4.79 Å². The van der Waals surface area contributed by atoms with Crippen molar-refractivity contribution in [1.82, 2.24) is 19.8 Å². The summed E-state index contributed by atoms with van der Waals surface area (Å²) in [5.41, 5.74) is 1.51. The minimum atomic E-state index is 0.0494. The van der Waals surface area contributed by atoms with Gasteiger partial charge in [0.15, 0.2) is 0 Å². The van der Waals surface area contributed by atoms with Crippen LogP contribution in [-0.4, -0.2) is 58.9 Å². The van der Waals surface area contributed by atoms with E-state index in [2.05, 4.69) is 21.9 Å². The summed E-state index contributed by atoms with van der Waals surface area (Å²) in [5, 5.41) is 0. The Balaban J connectivity index is 1.57. The van der Waals surface area contributed by atoms with Gasteiger partial charge in [0.2, 0.25) is 0 Å². The van der Waals surface area contributed by atoms with Crippen LogP contribution in [0.25, 0.3) is 0 Å². The van der Waals surface area contributed by atoms with Crippen LogP contribution in [-0.2, 0) is 6.42 Å². The second kappa shape index (κ2) is 8.56. The maximum Gasteiger partial charge on any atom is 0.274 e. The average molecular weight is 330 g/mol. The first-order valence-corrected chi connectivity index (χ1v) is 9.51. The molecule has 0 saturated carbocycles. The second-order valence-electron chi connectivity index (χ2n) is 7.43. The van der Waals surface area contributed by atoms with Crippen molar-refractivity contribution in [2.45, 2.75) is 51.4 Å². The lowest BCUT2D eigenvalue weighted by Gasteiger charge is -2.29. The van der Waals surface area contributed by atoms with Crippen LogP contribution < -0.4 is 0 Å². The van der Waals surface area contributed by atoms with Gasteiger partial charge < -0.3 is 9.80 Å². The number of nitrogens with zero attached hydrogens (tertiary/aromatic N) is 4. The van der Waals surface area contributed by atoms with Gasteiger partial charge in [0.1, 0.15) is 5.69 Å². The fourth-order valence-electron chi connectivity index (χ4n) is 3.92. The first-order chi connectivity index (χ1) is 11.7. The molecule has 1 amide bonds. The Hall–Kier alpha value is -1.49. The lowest BCUT2D eigenvalue weighted by molar-refractivity contribution is 0.0736. The number of amides is 1. The van der Waals surface area contributed by atoms with Gasteiger partial charge in [0.25, 0.3) is 5.91 Å². The highest BCUT2D eigenvalue weighted by Crippen LogP contribution is 2.19. The SMILES string of the molecule is CN1CCC[C@@H](Cc2cnc(C(=O)N3CCCCCCC3)cn2)C1. The van der Waals surface area contributed by atoms with Gasteiger partial charge in [-0.2, -0.15) is 0 Å². The fraction of sp³-hybridized carbons (Fsp3) is 0.737. The molecular weight excluding hydrogens is 300 g/mol. The normalized spacial score (nSPS) is 23.5. The second-order valence-corrected chi connectivity index (χ2v) is 7.43. The summed E-state index contributed by atoms with van der Waals surface area (Å²) in [5.74, 6) is 0.710. The van der Waals surface area contributed by atoms with Crippen molar-refractivity contribution in [3.63, 3.8) is 0 Å². The van der Waals surface area contributed by atoms with E-state index < -0.39 is 0 Å². The zero-order valence-electron chi connectivity index (χ0n) is 14.9. The van der Waals surface area contributed by atoms with E-state index in [1.165, 1.54) is 38.6 Å². The highest BCUT2D eigenvalue weighted by Gasteiger charge is 2.20. The predicted octanol–water partition coefficient (Wildman–Crippen LogP) is 2.77.